The van der Waals surface area contributed by atoms with Crippen LogP contribution in [-0.2, 0) is 11.3 Å². The first-order valence-electron chi connectivity index (χ1n) is 8.98. The van der Waals surface area contributed by atoms with Gasteiger partial charge in [0.1, 0.15) is 4.88 Å². The van der Waals surface area contributed by atoms with E-state index in [1.165, 1.54) is 16.2 Å². The predicted molar refractivity (Wildman–Crippen MR) is 109 cm³/mol. The molecule has 1 aromatic carbocycles. The van der Waals surface area contributed by atoms with Crippen LogP contribution < -0.4 is 10.2 Å². The van der Waals surface area contributed by atoms with Gasteiger partial charge >= 0.3 is 0 Å². The van der Waals surface area contributed by atoms with Crippen LogP contribution in [0.2, 0.25) is 0 Å². The maximum atomic E-state index is 12.7. The first-order valence-corrected chi connectivity index (χ1v) is 9.79. The number of carbonyl (C=O) groups excluding carboxylic acids is 2. The molecule has 2 aromatic rings. The van der Waals surface area contributed by atoms with Crippen LogP contribution >= 0.6 is 11.3 Å². The third-order valence-corrected chi connectivity index (χ3v) is 5.61. The minimum atomic E-state index is -0.169. The van der Waals surface area contributed by atoms with E-state index in [-0.39, 0.29) is 11.8 Å². The van der Waals surface area contributed by atoms with E-state index in [4.69, 9.17) is 0 Å². The van der Waals surface area contributed by atoms with Gasteiger partial charge in [0.2, 0.25) is 0 Å². The molecule has 1 aliphatic carbocycles. The van der Waals surface area contributed by atoms with Gasteiger partial charge in [-0.05, 0) is 31.7 Å². The zero-order valence-corrected chi connectivity index (χ0v) is 16.4. The van der Waals surface area contributed by atoms with E-state index >= 15 is 0 Å². The quantitative estimate of drug-likeness (QED) is 0.796. The molecule has 1 aromatic heterocycles. The van der Waals surface area contributed by atoms with E-state index in [1.54, 1.807) is 14.0 Å². The summed E-state index contributed by atoms with van der Waals surface area (Å²) in [5.41, 5.74) is 2.44. The Balaban J connectivity index is 1.69. The molecule has 0 aliphatic heterocycles. The van der Waals surface area contributed by atoms with Gasteiger partial charge in [0.05, 0.1) is 5.69 Å². The summed E-state index contributed by atoms with van der Waals surface area (Å²) in [7, 11) is 1.71. The number of nitrogens with zero attached hydrogens (tertiary/aromatic N) is 2. The Bertz CT molecular complexity index is 884. The Labute approximate surface area is 163 Å². The molecule has 0 spiro atoms. The van der Waals surface area contributed by atoms with Crippen LogP contribution in [0.15, 0.2) is 54.1 Å². The summed E-state index contributed by atoms with van der Waals surface area (Å²) in [4.78, 5) is 31.8. The lowest BCUT2D eigenvalue weighted by molar-refractivity contribution is -0.114. The SMILES string of the molecule is Cc1nc(N(C)C(=O)C2=CCCC=CC2)sc1C(=O)NCc1ccccc1. The third-order valence-electron chi connectivity index (χ3n) is 4.38. The number of aromatic nitrogens is 1. The number of carbonyl (C=O) groups is 2. The van der Waals surface area contributed by atoms with Crippen molar-refractivity contribution in [3.8, 4) is 0 Å². The largest absolute Gasteiger partial charge is 0.347 e. The van der Waals surface area contributed by atoms with Gasteiger partial charge in [-0.15, -0.1) is 0 Å². The maximum Gasteiger partial charge on any atom is 0.263 e. The number of rotatable bonds is 5. The first kappa shape index (κ1) is 19.0. The number of aryl methyl sites for hydroxylation is 1. The van der Waals surface area contributed by atoms with E-state index in [0.29, 0.717) is 28.7 Å². The molecule has 1 heterocycles. The minimum Gasteiger partial charge on any atom is -0.347 e. The molecule has 0 fully saturated rings. The average Bonchev–Trinajstić information content (AvgIpc) is 2.90. The van der Waals surface area contributed by atoms with Crippen molar-refractivity contribution in [3.05, 3.63) is 70.3 Å². The highest BCUT2D eigenvalue weighted by molar-refractivity contribution is 7.17. The van der Waals surface area contributed by atoms with Gasteiger partial charge in [0, 0.05) is 19.2 Å². The normalized spacial score (nSPS) is 13.6. The van der Waals surface area contributed by atoms with Crippen LogP contribution in [0.5, 0.6) is 0 Å². The fraction of sp³-hybridized carbons (Fsp3) is 0.286. The zero-order valence-electron chi connectivity index (χ0n) is 15.6. The Morgan fingerprint density at radius 3 is 2.74 bits per heavy atom. The van der Waals surface area contributed by atoms with E-state index in [0.717, 1.165) is 24.0 Å². The van der Waals surface area contributed by atoms with Crippen molar-refractivity contribution in [2.45, 2.75) is 32.7 Å². The summed E-state index contributed by atoms with van der Waals surface area (Å²) in [5.74, 6) is -0.232. The van der Waals surface area contributed by atoms with E-state index in [2.05, 4.69) is 16.4 Å². The molecule has 5 nitrogen and oxygen atoms in total. The van der Waals surface area contributed by atoms with Crippen molar-refractivity contribution in [1.29, 1.82) is 0 Å². The van der Waals surface area contributed by atoms with Crippen LogP contribution in [0.25, 0.3) is 0 Å². The summed E-state index contributed by atoms with van der Waals surface area (Å²) < 4.78 is 0. The molecule has 0 radical (unpaired) electrons. The van der Waals surface area contributed by atoms with Crippen molar-refractivity contribution in [1.82, 2.24) is 10.3 Å². The molecule has 0 atom stereocenters. The number of likely N-dealkylation sites (N-methyl/N-ethyl adjacent to an activating group) is 1. The van der Waals surface area contributed by atoms with E-state index in [9.17, 15) is 9.59 Å². The van der Waals surface area contributed by atoms with E-state index < -0.39 is 0 Å². The van der Waals surface area contributed by atoms with E-state index in [1.807, 2.05) is 42.5 Å². The average molecular weight is 382 g/mol. The lowest BCUT2D eigenvalue weighted by atomic mass is 10.1. The van der Waals surface area contributed by atoms with Gasteiger partial charge in [-0.25, -0.2) is 4.98 Å². The molecule has 1 aliphatic rings. The van der Waals surface area contributed by atoms with Gasteiger partial charge in [0.15, 0.2) is 5.13 Å². The molecule has 6 heteroatoms. The topological polar surface area (TPSA) is 62.3 Å². The second kappa shape index (κ2) is 8.77. The number of amides is 2. The third kappa shape index (κ3) is 4.71. The second-order valence-electron chi connectivity index (χ2n) is 6.43. The van der Waals surface area contributed by atoms with Crippen molar-refractivity contribution in [3.63, 3.8) is 0 Å². The monoisotopic (exact) mass is 381 g/mol. The Morgan fingerprint density at radius 1 is 1.19 bits per heavy atom. The zero-order chi connectivity index (χ0) is 19.2. The van der Waals surface area contributed by atoms with Crippen LogP contribution in [0, 0.1) is 6.92 Å². The predicted octanol–water partition coefficient (Wildman–Crippen LogP) is 4.01. The summed E-state index contributed by atoms with van der Waals surface area (Å²) in [6.45, 7) is 2.25. The molecule has 140 valence electrons. The fourth-order valence-electron chi connectivity index (χ4n) is 2.84. The minimum absolute atomic E-state index is 0.0634. The number of benzene rings is 1. The number of hydrogen-bond acceptors (Lipinski definition) is 4. The highest BCUT2D eigenvalue weighted by Gasteiger charge is 2.22. The molecule has 3 rings (SSSR count). The van der Waals surface area contributed by atoms with Crippen molar-refractivity contribution >= 4 is 28.3 Å². The number of thiazole rings is 1. The summed E-state index contributed by atoms with van der Waals surface area (Å²) in [6, 6.07) is 9.75. The number of anilines is 1. The number of nitrogens with one attached hydrogen (secondary N) is 1. The summed E-state index contributed by atoms with van der Waals surface area (Å²) >= 11 is 1.25. The molecule has 0 unspecified atom stereocenters. The van der Waals surface area contributed by atoms with Crippen molar-refractivity contribution in [2.24, 2.45) is 0 Å². The van der Waals surface area contributed by atoms with Crippen LogP contribution in [0.3, 0.4) is 0 Å². The molecule has 1 N–H and O–H groups in total. The first-order chi connectivity index (χ1) is 13.1. The highest BCUT2D eigenvalue weighted by atomic mass is 32.1. The molecule has 27 heavy (non-hydrogen) atoms. The second-order valence-corrected chi connectivity index (χ2v) is 7.40. The van der Waals surface area contributed by atoms with Crippen LogP contribution in [0.4, 0.5) is 5.13 Å². The maximum absolute atomic E-state index is 12.7. The van der Waals surface area contributed by atoms with Crippen LogP contribution in [-0.4, -0.2) is 23.8 Å². The standard InChI is InChI=1S/C21H23N3O2S/c1-15-18(19(25)22-14-16-10-6-5-7-11-16)27-21(23-15)24(2)20(26)17-12-8-3-4-9-13-17/h3,5-8,10-11,13H,4,9,12,14H2,1-2H3,(H,22,25). The van der Waals surface area contributed by atoms with Gasteiger partial charge in [-0.2, -0.15) is 0 Å². The molecule has 2 amide bonds. The number of allylic oxidation sites excluding steroid dienone is 3. The molecular formula is C21H23N3O2S. The summed E-state index contributed by atoms with van der Waals surface area (Å²) in [5, 5.41) is 3.46. The molecule has 0 saturated heterocycles. The van der Waals surface area contributed by atoms with Crippen LogP contribution in [0.1, 0.15) is 40.2 Å². The Kier molecular flexibility index (Phi) is 6.19. The van der Waals surface area contributed by atoms with Crippen molar-refractivity contribution in [2.75, 3.05) is 11.9 Å². The van der Waals surface area contributed by atoms with Gasteiger partial charge in [0.25, 0.3) is 11.8 Å². The molecular weight excluding hydrogens is 358 g/mol. The molecule has 0 saturated carbocycles. The lowest BCUT2D eigenvalue weighted by Crippen LogP contribution is -2.27. The van der Waals surface area contributed by atoms with Gasteiger partial charge < -0.3 is 5.32 Å². The van der Waals surface area contributed by atoms with Gasteiger partial charge in [-0.1, -0.05) is 59.9 Å². The lowest BCUT2D eigenvalue weighted by Gasteiger charge is -2.15. The van der Waals surface area contributed by atoms with Gasteiger partial charge in [-0.3, -0.25) is 14.5 Å². The molecule has 0 bridgehead atoms. The van der Waals surface area contributed by atoms with Crippen molar-refractivity contribution < 1.29 is 9.59 Å². The Morgan fingerprint density at radius 2 is 1.96 bits per heavy atom. The smallest absolute Gasteiger partial charge is 0.263 e. The Hall–Kier alpha value is -2.73. The fourth-order valence-corrected chi connectivity index (χ4v) is 3.78. The highest BCUT2D eigenvalue weighted by Crippen LogP contribution is 2.27. The summed E-state index contributed by atoms with van der Waals surface area (Å²) in [6.07, 6.45) is 8.59. The number of hydrogen-bond donors (Lipinski definition) is 1.